The average Bonchev–Trinajstić information content (AvgIpc) is 2.97. The Balaban J connectivity index is 1.81. The molecule has 4 nitrogen and oxygen atoms in total. The van der Waals surface area contributed by atoms with E-state index in [0.717, 1.165) is 24.2 Å². The summed E-state index contributed by atoms with van der Waals surface area (Å²) >= 11 is 0. The standard InChI is InChI=1S/C16H17N3O/c20-10-2-1-3-12-4-6-13(7-5-12)15-16-14(8-9-17-15)18-11-19-16/h4-7,11,15,17,20H,2,8-10H2,(H,18,19)/t15-/m0/s1. The molecule has 1 aromatic heterocycles. The maximum Gasteiger partial charge on any atom is 0.0926 e. The molecule has 0 aliphatic carbocycles. The fourth-order valence-corrected chi connectivity index (χ4v) is 2.47. The number of imidazole rings is 1. The molecule has 0 amide bonds. The van der Waals surface area contributed by atoms with Gasteiger partial charge in [0.1, 0.15) is 0 Å². The molecule has 2 aromatic rings. The Labute approximate surface area is 118 Å². The van der Waals surface area contributed by atoms with Crippen LogP contribution < -0.4 is 5.32 Å². The zero-order chi connectivity index (χ0) is 13.8. The van der Waals surface area contributed by atoms with E-state index in [1.165, 1.54) is 11.3 Å². The third kappa shape index (κ3) is 2.60. The number of fused-ring (bicyclic) bond motifs is 1. The van der Waals surface area contributed by atoms with Crippen LogP contribution in [0.4, 0.5) is 0 Å². The molecule has 0 fully saturated rings. The number of aromatic nitrogens is 2. The molecular weight excluding hydrogens is 250 g/mol. The number of aliphatic hydroxyl groups excluding tert-OH is 1. The lowest BCUT2D eigenvalue weighted by atomic mass is 9.97. The SMILES string of the molecule is OCCC#Cc1ccc([C@@H]2NCCc3[nH]cnc32)cc1. The molecule has 2 heterocycles. The predicted octanol–water partition coefficient (Wildman–Crippen LogP) is 1.38. The zero-order valence-electron chi connectivity index (χ0n) is 11.2. The summed E-state index contributed by atoms with van der Waals surface area (Å²) in [5.41, 5.74) is 4.49. The molecular formula is C16H17N3O. The Morgan fingerprint density at radius 1 is 1.30 bits per heavy atom. The first-order valence-corrected chi connectivity index (χ1v) is 6.83. The highest BCUT2D eigenvalue weighted by atomic mass is 16.2. The normalized spacial score (nSPS) is 17.1. The van der Waals surface area contributed by atoms with Crippen LogP contribution in [0.15, 0.2) is 30.6 Å². The molecule has 20 heavy (non-hydrogen) atoms. The molecule has 3 N–H and O–H groups in total. The second kappa shape index (κ2) is 5.91. The van der Waals surface area contributed by atoms with E-state index in [-0.39, 0.29) is 12.6 Å². The average molecular weight is 267 g/mol. The van der Waals surface area contributed by atoms with E-state index in [1.54, 1.807) is 6.33 Å². The summed E-state index contributed by atoms with van der Waals surface area (Å²) in [5.74, 6) is 5.97. The topological polar surface area (TPSA) is 60.9 Å². The molecule has 1 aliphatic heterocycles. The van der Waals surface area contributed by atoms with Crippen LogP contribution in [-0.2, 0) is 6.42 Å². The van der Waals surface area contributed by atoms with E-state index in [1.807, 2.05) is 12.1 Å². The molecule has 1 aliphatic rings. The largest absolute Gasteiger partial charge is 0.395 e. The lowest BCUT2D eigenvalue weighted by Gasteiger charge is -2.23. The van der Waals surface area contributed by atoms with Gasteiger partial charge in [0, 0.05) is 30.6 Å². The number of nitrogens with zero attached hydrogens (tertiary/aromatic N) is 1. The van der Waals surface area contributed by atoms with Crippen molar-refractivity contribution in [2.45, 2.75) is 18.9 Å². The summed E-state index contributed by atoms with van der Waals surface area (Å²) in [6.45, 7) is 1.07. The second-order valence-electron chi connectivity index (χ2n) is 4.80. The van der Waals surface area contributed by atoms with Crippen molar-refractivity contribution in [2.24, 2.45) is 0 Å². The number of hydrogen-bond donors (Lipinski definition) is 3. The summed E-state index contributed by atoms with van der Waals surface area (Å²) < 4.78 is 0. The van der Waals surface area contributed by atoms with Gasteiger partial charge in [-0.3, -0.25) is 0 Å². The van der Waals surface area contributed by atoms with Gasteiger partial charge in [0.2, 0.25) is 0 Å². The number of nitrogens with one attached hydrogen (secondary N) is 2. The van der Waals surface area contributed by atoms with Gasteiger partial charge in [0.25, 0.3) is 0 Å². The van der Waals surface area contributed by atoms with Gasteiger partial charge < -0.3 is 15.4 Å². The summed E-state index contributed by atoms with van der Waals surface area (Å²) in [6.07, 6.45) is 3.28. The van der Waals surface area contributed by atoms with Crippen molar-refractivity contribution in [2.75, 3.05) is 13.2 Å². The van der Waals surface area contributed by atoms with Crippen LogP contribution in [0.5, 0.6) is 0 Å². The minimum atomic E-state index is 0.110. The van der Waals surface area contributed by atoms with E-state index in [9.17, 15) is 0 Å². The third-order valence-corrected chi connectivity index (χ3v) is 3.46. The quantitative estimate of drug-likeness (QED) is 0.720. The van der Waals surface area contributed by atoms with Crippen LogP contribution in [0.1, 0.15) is 35.0 Å². The maximum absolute atomic E-state index is 8.71. The fraction of sp³-hybridized carbons (Fsp3) is 0.312. The van der Waals surface area contributed by atoms with Gasteiger partial charge in [-0.05, 0) is 17.7 Å². The first kappa shape index (κ1) is 12.9. The number of aliphatic hydroxyl groups is 1. The van der Waals surface area contributed by atoms with Crippen molar-refractivity contribution < 1.29 is 5.11 Å². The Morgan fingerprint density at radius 2 is 2.15 bits per heavy atom. The van der Waals surface area contributed by atoms with E-state index in [0.29, 0.717) is 6.42 Å². The minimum Gasteiger partial charge on any atom is -0.395 e. The van der Waals surface area contributed by atoms with Crippen LogP contribution in [0, 0.1) is 11.8 Å². The second-order valence-corrected chi connectivity index (χ2v) is 4.80. The van der Waals surface area contributed by atoms with E-state index < -0.39 is 0 Å². The van der Waals surface area contributed by atoms with Crippen molar-refractivity contribution in [3.8, 4) is 11.8 Å². The van der Waals surface area contributed by atoms with Gasteiger partial charge in [-0.25, -0.2) is 4.98 Å². The van der Waals surface area contributed by atoms with Crippen LogP contribution in [0.25, 0.3) is 0 Å². The first-order valence-electron chi connectivity index (χ1n) is 6.83. The molecule has 4 heteroatoms. The number of rotatable bonds is 2. The van der Waals surface area contributed by atoms with Gasteiger partial charge in [-0.1, -0.05) is 24.0 Å². The molecule has 0 spiro atoms. The van der Waals surface area contributed by atoms with Gasteiger partial charge in [-0.15, -0.1) is 0 Å². The van der Waals surface area contributed by atoms with Gasteiger partial charge in [-0.2, -0.15) is 0 Å². The molecule has 1 atom stereocenters. The molecule has 0 unspecified atom stereocenters. The molecule has 0 radical (unpaired) electrons. The van der Waals surface area contributed by atoms with E-state index in [4.69, 9.17) is 5.11 Å². The van der Waals surface area contributed by atoms with Gasteiger partial charge in [0.05, 0.1) is 24.7 Å². The first-order chi connectivity index (χ1) is 9.88. The molecule has 102 valence electrons. The highest BCUT2D eigenvalue weighted by Gasteiger charge is 2.23. The summed E-state index contributed by atoms with van der Waals surface area (Å²) in [6, 6.07) is 8.36. The van der Waals surface area contributed by atoms with Crippen LogP contribution in [-0.4, -0.2) is 28.2 Å². The Kier molecular flexibility index (Phi) is 3.82. The lowest BCUT2D eigenvalue weighted by Crippen LogP contribution is -2.30. The van der Waals surface area contributed by atoms with Crippen LogP contribution in [0.3, 0.4) is 0 Å². The Bertz CT molecular complexity index is 634. The lowest BCUT2D eigenvalue weighted by molar-refractivity contribution is 0.305. The smallest absolute Gasteiger partial charge is 0.0926 e. The van der Waals surface area contributed by atoms with Crippen molar-refractivity contribution in [3.05, 3.63) is 53.1 Å². The summed E-state index contributed by atoms with van der Waals surface area (Å²) in [5, 5.41) is 12.2. The maximum atomic E-state index is 8.71. The van der Waals surface area contributed by atoms with Crippen molar-refractivity contribution in [1.82, 2.24) is 15.3 Å². The van der Waals surface area contributed by atoms with E-state index in [2.05, 4.69) is 39.3 Å². The Hall–Kier alpha value is -2.09. The zero-order valence-corrected chi connectivity index (χ0v) is 11.2. The summed E-state index contributed by atoms with van der Waals surface area (Å²) in [4.78, 5) is 7.63. The highest BCUT2D eigenvalue weighted by Crippen LogP contribution is 2.26. The third-order valence-electron chi connectivity index (χ3n) is 3.46. The molecule has 0 saturated carbocycles. The number of hydrogen-bond acceptors (Lipinski definition) is 3. The fourth-order valence-electron chi connectivity index (χ4n) is 2.47. The van der Waals surface area contributed by atoms with Crippen molar-refractivity contribution in [1.29, 1.82) is 0 Å². The van der Waals surface area contributed by atoms with E-state index >= 15 is 0 Å². The Morgan fingerprint density at radius 3 is 2.95 bits per heavy atom. The molecule has 0 bridgehead atoms. The minimum absolute atomic E-state index is 0.110. The predicted molar refractivity (Wildman–Crippen MR) is 77.2 cm³/mol. The molecule has 0 saturated heterocycles. The van der Waals surface area contributed by atoms with Crippen LogP contribution in [0.2, 0.25) is 0 Å². The molecule has 1 aromatic carbocycles. The number of benzene rings is 1. The van der Waals surface area contributed by atoms with Crippen molar-refractivity contribution in [3.63, 3.8) is 0 Å². The van der Waals surface area contributed by atoms with Gasteiger partial charge in [0.15, 0.2) is 0 Å². The van der Waals surface area contributed by atoms with Crippen LogP contribution >= 0.6 is 0 Å². The highest BCUT2D eigenvalue weighted by molar-refractivity contribution is 5.39. The van der Waals surface area contributed by atoms with Gasteiger partial charge >= 0.3 is 0 Å². The monoisotopic (exact) mass is 267 g/mol. The number of aromatic amines is 1. The summed E-state index contributed by atoms with van der Waals surface area (Å²) in [7, 11) is 0. The molecule has 3 rings (SSSR count). The van der Waals surface area contributed by atoms with Crippen molar-refractivity contribution >= 4 is 0 Å². The number of H-pyrrole nitrogens is 1.